The van der Waals surface area contributed by atoms with Crippen molar-refractivity contribution in [2.24, 2.45) is 5.41 Å². The maximum Gasteiger partial charge on any atom is 0.0468 e. The van der Waals surface area contributed by atoms with E-state index in [0.29, 0.717) is 5.41 Å². The van der Waals surface area contributed by atoms with Gasteiger partial charge in [0.1, 0.15) is 0 Å². The second kappa shape index (κ2) is 5.02. The summed E-state index contributed by atoms with van der Waals surface area (Å²) in [4.78, 5) is 0. The molecule has 2 aliphatic rings. The van der Waals surface area contributed by atoms with Crippen LogP contribution >= 0.6 is 0 Å². The normalized spacial score (nSPS) is 23.3. The van der Waals surface area contributed by atoms with Crippen molar-refractivity contribution in [3.05, 3.63) is 35.4 Å². The molecule has 2 heteroatoms. The summed E-state index contributed by atoms with van der Waals surface area (Å²) in [6.45, 7) is 3.23. The zero-order valence-corrected chi connectivity index (χ0v) is 11.2. The number of ether oxygens (including phenoxy) is 1. The highest BCUT2D eigenvalue weighted by Crippen LogP contribution is 2.48. The van der Waals surface area contributed by atoms with Crippen LogP contribution in [-0.4, -0.2) is 26.8 Å². The Balaban J connectivity index is 1.42. The van der Waals surface area contributed by atoms with Gasteiger partial charge in [-0.1, -0.05) is 24.3 Å². The van der Waals surface area contributed by atoms with Crippen molar-refractivity contribution in [3.8, 4) is 0 Å². The maximum atomic E-state index is 5.20. The summed E-state index contributed by atoms with van der Waals surface area (Å²) in [6, 6.07) is 8.84. The first-order valence-corrected chi connectivity index (χ1v) is 7.10. The topological polar surface area (TPSA) is 21.3 Å². The van der Waals surface area contributed by atoms with Crippen LogP contribution in [0.4, 0.5) is 0 Å². The summed E-state index contributed by atoms with van der Waals surface area (Å²) in [6.07, 6.45) is 5.24. The van der Waals surface area contributed by atoms with Crippen molar-refractivity contribution in [1.29, 1.82) is 0 Å². The van der Waals surface area contributed by atoms with Crippen molar-refractivity contribution in [1.82, 2.24) is 5.32 Å². The predicted molar refractivity (Wildman–Crippen MR) is 73.9 cm³/mol. The molecule has 1 N–H and O–H groups in total. The monoisotopic (exact) mass is 245 g/mol. The summed E-state index contributed by atoms with van der Waals surface area (Å²) in [5, 5.41) is 3.68. The molecular weight excluding hydrogens is 222 g/mol. The standard InChI is InChI=1S/C16H23NO/c1-18-9-8-16(6-7-16)12-17-11-14-10-13-4-2-3-5-15(13)14/h2-5,14,17H,6-12H2,1H3. The first-order chi connectivity index (χ1) is 8.83. The number of fused-ring (bicyclic) bond motifs is 1. The number of benzene rings is 1. The third-order valence-corrected chi connectivity index (χ3v) is 4.65. The van der Waals surface area contributed by atoms with E-state index in [4.69, 9.17) is 4.74 Å². The summed E-state index contributed by atoms with van der Waals surface area (Å²) >= 11 is 0. The molecule has 0 saturated heterocycles. The largest absolute Gasteiger partial charge is 0.385 e. The van der Waals surface area contributed by atoms with E-state index in [2.05, 4.69) is 29.6 Å². The molecule has 0 aliphatic heterocycles. The van der Waals surface area contributed by atoms with Gasteiger partial charge in [0.15, 0.2) is 0 Å². The van der Waals surface area contributed by atoms with E-state index in [0.717, 1.165) is 19.1 Å². The molecule has 1 fully saturated rings. The van der Waals surface area contributed by atoms with E-state index < -0.39 is 0 Å². The molecule has 1 unspecified atom stereocenters. The Morgan fingerprint density at radius 1 is 1.33 bits per heavy atom. The maximum absolute atomic E-state index is 5.20. The Kier molecular flexibility index (Phi) is 3.40. The Morgan fingerprint density at radius 2 is 2.17 bits per heavy atom. The SMILES string of the molecule is COCCC1(CNCC2Cc3ccccc32)CC1. The van der Waals surface area contributed by atoms with Crippen LogP contribution in [0, 0.1) is 5.41 Å². The van der Waals surface area contributed by atoms with Crippen LogP contribution in [0.5, 0.6) is 0 Å². The van der Waals surface area contributed by atoms with Gasteiger partial charge in [0.05, 0.1) is 0 Å². The summed E-state index contributed by atoms with van der Waals surface area (Å²) in [5.41, 5.74) is 3.68. The molecule has 18 heavy (non-hydrogen) atoms. The average Bonchev–Trinajstić information content (AvgIpc) is 3.13. The van der Waals surface area contributed by atoms with Gasteiger partial charge in [0.25, 0.3) is 0 Å². The first-order valence-electron chi connectivity index (χ1n) is 7.10. The zero-order chi connectivity index (χ0) is 12.4. The Morgan fingerprint density at radius 3 is 2.89 bits per heavy atom. The molecule has 1 saturated carbocycles. The van der Waals surface area contributed by atoms with Crippen molar-refractivity contribution in [3.63, 3.8) is 0 Å². The lowest BCUT2D eigenvalue weighted by atomic mass is 9.77. The number of hydrogen-bond acceptors (Lipinski definition) is 2. The number of nitrogens with one attached hydrogen (secondary N) is 1. The van der Waals surface area contributed by atoms with Gasteiger partial charge < -0.3 is 10.1 Å². The minimum atomic E-state index is 0.569. The highest BCUT2D eigenvalue weighted by atomic mass is 16.5. The predicted octanol–water partition coefficient (Wildman–Crippen LogP) is 2.73. The zero-order valence-electron chi connectivity index (χ0n) is 11.2. The van der Waals surface area contributed by atoms with E-state index in [1.54, 1.807) is 18.2 Å². The van der Waals surface area contributed by atoms with Gasteiger partial charge in [0.2, 0.25) is 0 Å². The van der Waals surface area contributed by atoms with Crippen LogP contribution in [0.1, 0.15) is 36.3 Å². The molecule has 2 nitrogen and oxygen atoms in total. The molecule has 0 aromatic heterocycles. The third-order valence-electron chi connectivity index (χ3n) is 4.65. The van der Waals surface area contributed by atoms with Crippen LogP contribution in [-0.2, 0) is 11.2 Å². The summed E-state index contributed by atoms with van der Waals surface area (Å²) in [5.74, 6) is 0.749. The van der Waals surface area contributed by atoms with Crippen molar-refractivity contribution in [2.45, 2.75) is 31.6 Å². The van der Waals surface area contributed by atoms with E-state index in [1.807, 2.05) is 0 Å². The second-order valence-corrected chi connectivity index (χ2v) is 5.97. The Hall–Kier alpha value is -0.860. The van der Waals surface area contributed by atoms with E-state index in [9.17, 15) is 0 Å². The molecule has 0 spiro atoms. The summed E-state index contributed by atoms with van der Waals surface area (Å²) in [7, 11) is 1.80. The fourth-order valence-corrected chi connectivity index (χ4v) is 3.07. The van der Waals surface area contributed by atoms with Crippen molar-refractivity contribution >= 4 is 0 Å². The van der Waals surface area contributed by atoms with Gasteiger partial charge in [0, 0.05) is 32.7 Å². The van der Waals surface area contributed by atoms with Crippen molar-refractivity contribution < 1.29 is 4.74 Å². The van der Waals surface area contributed by atoms with Gasteiger partial charge >= 0.3 is 0 Å². The molecule has 0 radical (unpaired) electrons. The van der Waals surface area contributed by atoms with Crippen LogP contribution in [0.25, 0.3) is 0 Å². The van der Waals surface area contributed by atoms with E-state index >= 15 is 0 Å². The average molecular weight is 245 g/mol. The second-order valence-electron chi connectivity index (χ2n) is 5.97. The van der Waals surface area contributed by atoms with Gasteiger partial charge in [-0.25, -0.2) is 0 Å². The lowest BCUT2D eigenvalue weighted by molar-refractivity contribution is 0.171. The number of methoxy groups -OCH3 is 1. The fraction of sp³-hybridized carbons (Fsp3) is 0.625. The number of rotatable bonds is 7. The quantitative estimate of drug-likeness (QED) is 0.797. The van der Waals surface area contributed by atoms with Gasteiger partial charge in [-0.05, 0) is 42.2 Å². The van der Waals surface area contributed by atoms with Crippen LogP contribution in [0.2, 0.25) is 0 Å². The Labute approximate surface area is 110 Å². The molecule has 1 aromatic carbocycles. The van der Waals surface area contributed by atoms with E-state index in [1.165, 1.54) is 32.2 Å². The molecule has 0 heterocycles. The minimum Gasteiger partial charge on any atom is -0.385 e. The fourth-order valence-electron chi connectivity index (χ4n) is 3.07. The highest BCUT2D eigenvalue weighted by Gasteiger charge is 2.41. The molecule has 98 valence electrons. The van der Waals surface area contributed by atoms with Gasteiger partial charge in [-0.15, -0.1) is 0 Å². The van der Waals surface area contributed by atoms with Crippen LogP contribution < -0.4 is 5.32 Å². The first kappa shape index (κ1) is 12.2. The molecule has 3 rings (SSSR count). The van der Waals surface area contributed by atoms with Crippen molar-refractivity contribution in [2.75, 3.05) is 26.8 Å². The lowest BCUT2D eigenvalue weighted by Gasteiger charge is -2.31. The van der Waals surface area contributed by atoms with Gasteiger partial charge in [-0.3, -0.25) is 0 Å². The van der Waals surface area contributed by atoms with Gasteiger partial charge in [-0.2, -0.15) is 0 Å². The smallest absolute Gasteiger partial charge is 0.0468 e. The molecule has 2 aliphatic carbocycles. The van der Waals surface area contributed by atoms with Crippen LogP contribution in [0.15, 0.2) is 24.3 Å². The van der Waals surface area contributed by atoms with E-state index in [-0.39, 0.29) is 0 Å². The molecule has 0 amide bonds. The lowest BCUT2D eigenvalue weighted by Crippen LogP contribution is -2.33. The molecule has 0 bridgehead atoms. The number of hydrogen-bond donors (Lipinski definition) is 1. The third kappa shape index (κ3) is 2.45. The van der Waals surface area contributed by atoms with Crippen LogP contribution in [0.3, 0.4) is 0 Å². The molecule has 1 atom stereocenters. The molecule has 1 aromatic rings. The summed E-state index contributed by atoms with van der Waals surface area (Å²) < 4.78 is 5.20. The molecular formula is C16H23NO. The Bertz CT molecular complexity index is 411. The highest BCUT2D eigenvalue weighted by molar-refractivity contribution is 5.40. The minimum absolute atomic E-state index is 0.569.